The first-order chi connectivity index (χ1) is 10.6. The van der Waals surface area contributed by atoms with Crippen LogP contribution in [0.3, 0.4) is 0 Å². The Morgan fingerprint density at radius 2 is 1.86 bits per heavy atom. The minimum Gasteiger partial charge on any atom is -0.480 e. The second-order valence-electron chi connectivity index (χ2n) is 5.11. The predicted octanol–water partition coefficient (Wildman–Crippen LogP) is 2.66. The zero-order valence-electron chi connectivity index (χ0n) is 12.2. The molecule has 0 saturated carbocycles. The number of carbonyl (C=O) groups is 2. The van der Waals surface area contributed by atoms with Gasteiger partial charge in [-0.15, -0.1) is 0 Å². The van der Waals surface area contributed by atoms with Gasteiger partial charge >= 0.3 is 5.97 Å². The monoisotopic (exact) mass is 317 g/mol. The zero-order valence-corrected chi connectivity index (χ0v) is 13.1. The van der Waals surface area contributed by atoms with E-state index in [0.717, 1.165) is 16.3 Å². The molecule has 1 atom stereocenters. The Balaban J connectivity index is 1.99. The van der Waals surface area contributed by atoms with Gasteiger partial charge in [0, 0.05) is 6.42 Å². The summed E-state index contributed by atoms with van der Waals surface area (Å²) < 4.78 is 0. The summed E-state index contributed by atoms with van der Waals surface area (Å²) in [5.74, 6) is -0.852. The van der Waals surface area contributed by atoms with Gasteiger partial charge in [0.2, 0.25) is 5.91 Å². The molecule has 0 aliphatic rings. The van der Waals surface area contributed by atoms with E-state index in [4.69, 9.17) is 5.11 Å². The van der Waals surface area contributed by atoms with E-state index in [1.807, 2.05) is 42.5 Å². The molecule has 0 fully saturated rings. The molecule has 4 nitrogen and oxygen atoms in total. The van der Waals surface area contributed by atoms with Crippen molar-refractivity contribution in [3.05, 3.63) is 48.0 Å². The molecular formula is C17H19NO3S. The van der Waals surface area contributed by atoms with Gasteiger partial charge in [0.1, 0.15) is 6.04 Å². The topological polar surface area (TPSA) is 66.4 Å². The van der Waals surface area contributed by atoms with Crippen LogP contribution in [0.5, 0.6) is 0 Å². The molecule has 0 aromatic heterocycles. The Morgan fingerprint density at radius 3 is 2.59 bits per heavy atom. The van der Waals surface area contributed by atoms with Crippen molar-refractivity contribution < 1.29 is 14.7 Å². The minimum atomic E-state index is -1.02. The van der Waals surface area contributed by atoms with Crippen LogP contribution in [0.1, 0.15) is 18.4 Å². The molecule has 0 heterocycles. The molecule has 0 bridgehead atoms. The maximum atomic E-state index is 11.9. The highest BCUT2D eigenvalue weighted by Gasteiger charge is 2.18. The Bertz CT molecular complexity index is 667. The van der Waals surface area contributed by atoms with Gasteiger partial charge < -0.3 is 10.4 Å². The second-order valence-corrected chi connectivity index (χ2v) is 5.56. The lowest BCUT2D eigenvalue weighted by Gasteiger charge is -2.13. The predicted molar refractivity (Wildman–Crippen MR) is 90.3 cm³/mol. The van der Waals surface area contributed by atoms with Crippen molar-refractivity contribution in [2.24, 2.45) is 0 Å². The fourth-order valence-corrected chi connectivity index (χ4v) is 2.67. The van der Waals surface area contributed by atoms with E-state index < -0.39 is 12.0 Å². The molecule has 0 spiro atoms. The standard InChI is InChI=1S/C17H19NO3S/c19-16(18-15(10-11-22)17(20)21)9-8-13-6-3-5-12-4-1-2-7-14(12)13/h1-7,15,22H,8-11H2,(H,18,19)(H,20,21)/t15-/m0/s1. The molecule has 1 amide bonds. The Hall–Kier alpha value is -2.01. The Labute approximate surface area is 134 Å². The molecule has 2 N–H and O–H groups in total. The number of rotatable bonds is 7. The van der Waals surface area contributed by atoms with Gasteiger partial charge in [-0.25, -0.2) is 4.79 Å². The molecular weight excluding hydrogens is 298 g/mol. The number of carboxylic acid groups (broad SMARTS) is 1. The van der Waals surface area contributed by atoms with Gasteiger partial charge in [-0.3, -0.25) is 4.79 Å². The largest absolute Gasteiger partial charge is 0.480 e. The van der Waals surface area contributed by atoms with Crippen molar-refractivity contribution in [2.45, 2.75) is 25.3 Å². The third kappa shape index (κ3) is 4.24. The second kappa shape index (κ2) is 7.84. The minimum absolute atomic E-state index is 0.248. The van der Waals surface area contributed by atoms with Crippen LogP contribution in [0.2, 0.25) is 0 Å². The molecule has 0 saturated heterocycles. The summed E-state index contributed by atoms with van der Waals surface area (Å²) in [7, 11) is 0. The van der Waals surface area contributed by atoms with E-state index in [1.54, 1.807) is 0 Å². The summed E-state index contributed by atoms with van der Waals surface area (Å²) in [5, 5.41) is 13.8. The number of aryl methyl sites for hydroxylation is 1. The van der Waals surface area contributed by atoms with Gasteiger partial charge in [0.25, 0.3) is 0 Å². The maximum absolute atomic E-state index is 11.9. The lowest BCUT2D eigenvalue weighted by Crippen LogP contribution is -2.41. The van der Waals surface area contributed by atoms with E-state index in [9.17, 15) is 9.59 Å². The normalized spacial score (nSPS) is 12.0. The summed E-state index contributed by atoms with van der Waals surface area (Å²) >= 11 is 4.01. The fraction of sp³-hybridized carbons (Fsp3) is 0.294. The first kappa shape index (κ1) is 16.4. The van der Waals surface area contributed by atoms with Crippen molar-refractivity contribution >= 4 is 35.3 Å². The molecule has 22 heavy (non-hydrogen) atoms. The quantitative estimate of drug-likeness (QED) is 0.688. The molecule has 116 valence electrons. The van der Waals surface area contributed by atoms with Crippen molar-refractivity contribution in [3.8, 4) is 0 Å². The van der Waals surface area contributed by atoms with Gasteiger partial charge in [-0.1, -0.05) is 42.5 Å². The number of amides is 1. The van der Waals surface area contributed by atoms with Gasteiger partial charge in [0.15, 0.2) is 0 Å². The molecule has 5 heteroatoms. The number of hydrogen-bond acceptors (Lipinski definition) is 3. The van der Waals surface area contributed by atoms with E-state index in [-0.39, 0.29) is 12.3 Å². The third-order valence-electron chi connectivity index (χ3n) is 3.55. The number of thiol groups is 1. The fourth-order valence-electron chi connectivity index (χ4n) is 2.41. The average Bonchev–Trinajstić information content (AvgIpc) is 2.52. The van der Waals surface area contributed by atoms with Gasteiger partial charge in [0.05, 0.1) is 0 Å². The van der Waals surface area contributed by atoms with Crippen molar-refractivity contribution in [2.75, 3.05) is 5.75 Å². The molecule has 0 aliphatic heterocycles. The van der Waals surface area contributed by atoms with Gasteiger partial charge in [-0.2, -0.15) is 12.6 Å². The number of nitrogens with one attached hydrogen (secondary N) is 1. The number of benzene rings is 2. The van der Waals surface area contributed by atoms with Crippen molar-refractivity contribution in [3.63, 3.8) is 0 Å². The number of fused-ring (bicyclic) bond motifs is 1. The molecule has 0 unspecified atom stereocenters. The number of hydrogen-bond donors (Lipinski definition) is 3. The smallest absolute Gasteiger partial charge is 0.326 e. The maximum Gasteiger partial charge on any atom is 0.326 e. The summed E-state index contributed by atoms with van der Waals surface area (Å²) in [5.41, 5.74) is 1.09. The lowest BCUT2D eigenvalue weighted by molar-refractivity contribution is -0.141. The summed E-state index contributed by atoms with van der Waals surface area (Å²) in [4.78, 5) is 23.0. The van der Waals surface area contributed by atoms with Crippen LogP contribution in [-0.4, -0.2) is 28.8 Å². The summed E-state index contributed by atoms with van der Waals surface area (Å²) in [6.45, 7) is 0. The average molecular weight is 317 g/mol. The van der Waals surface area contributed by atoms with Crippen LogP contribution >= 0.6 is 12.6 Å². The van der Waals surface area contributed by atoms with E-state index in [1.165, 1.54) is 0 Å². The Kier molecular flexibility index (Phi) is 5.83. The first-order valence-electron chi connectivity index (χ1n) is 7.21. The van der Waals surface area contributed by atoms with E-state index in [0.29, 0.717) is 18.6 Å². The van der Waals surface area contributed by atoms with Crippen LogP contribution in [-0.2, 0) is 16.0 Å². The van der Waals surface area contributed by atoms with Crippen LogP contribution < -0.4 is 5.32 Å². The summed E-state index contributed by atoms with van der Waals surface area (Å²) in [6, 6.07) is 13.2. The molecule has 2 rings (SSSR count). The van der Waals surface area contributed by atoms with Crippen molar-refractivity contribution in [1.82, 2.24) is 5.32 Å². The molecule has 2 aromatic carbocycles. The highest BCUT2D eigenvalue weighted by Crippen LogP contribution is 2.19. The SMILES string of the molecule is O=C(CCc1cccc2ccccc12)N[C@@H](CCS)C(=O)O. The lowest BCUT2D eigenvalue weighted by atomic mass is 10.0. The Morgan fingerprint density at radius 1 is 1.14 bits per heavy atom. The summed E-state index contributed by atoms with van der Waals surface area (Å²) in [6.07, 6.45) is 1.17. The number of carboxylic acids is 1. The van der Waals surface area contributed by atoms with Crippen molar-refractivity contribution in [1.29, 1.82) is 0 Å². The molecule has 2 aromatic rings. The van der Waals surface area contributed by atoms with Gasteiger partial charge in [-0.05, 0) is 34.9 Å². The number of aliphatic carboxylic acids is 1. The van der Waals surface area contributed by atoms with Crippen LogP contribution in [0, 0.1) is 0 Å². The molecule has 0 radical (unpaired) electrons. The number of carbonyl (C=O) groups excluding carboxylic acids is 1. The third-order valence-corrected chi connectivity index (χ3v) is 3.81. The first-order valence-corrected chi connectivity index (χ1v) is 7.84. The van der Waals surface area contributed by atoms with Crippen LogP contribution in [0.25, 0.3) is 10.8 Å². The molecule has 0 aliphatic carbocycles. The van der Waals surface area contributed by atoms with Crippen LogP contribution in [0.15, 0.2) is 42.5 Å². The zero-order chi connectivity index (χ0) is 15.9. The van der Waals surface area contributed by atoms with Crippen LogP contribution in [0.4, 0.5) is 0 Å². The van der Waals surface area contributed by atoms with E-state index in [2.05, 4.69) is 17.9 Å². The highest BCUT2D eigenvalue weighted by molar-refractivity contribution is 7.80. The highest BCUT2D eigenvalue weighted by atomic mass is 32.1. The van der Waals surface area contributed by atoms with E-state index >= 15 is 0 Å².